The molecular weight excluding hydrogens is 286 g/mol. The SMILES string of the molecule is Cc1cccc(NS(=O)(=O)N(C)CCCNC2CC2)c1C. The van der Waals surface area contributed by atoms with Crippen LogP contribution in [0.3, 0.4) is 0 Å². The third kappa shape index (κ3) is 4.69. The molecule has 1 aromatic rings. The van der Waals surface area contributed by atoms with Crippen LogP contribution in [0.2, 0.25) is 0 Å². The second-order valence-electron chi connectivity index (χ2n) is 5.76. The fourth-order valence-electron chi connectivity index (χ4n) is 2.09. The van der Waals surface area contributed by atoms with Crippen LogP contribution in [-0.4, -0.2) is 38.9 Å². The lowest BCUT2D eigenvalue weighted by molar-refractivity contribution is 0.458. The zero-order valence-electron chi connectivity index (χ0n) is 13.0. The molecule has 1 aliphatic rings. The standard InChI is InChI=1S/C15H25N3O2S/c1-12-6-4-7-15(13(12)2)17-21(19,20)18(3)11-5-10-16-14-8-9-14/h4,6-7,14,16-17H,5,8-11H2,1-3H3. The van der Waals surface area contributed by atoms with Gasteiger partial charge < -0.3 is 5.32 Å². The molecule has 0 radical (unpaired) electrons. The number of aryl methyl sites for hydroxylation is 1. The zero-order chi connectivity index (χ0) is 15.5. The molecule has 1 fully saturated rings. The number of anilines is 1. The van der Waals surface area contributed by atoms with Crippen LogP contribution < -0.4 is 10.0 Å². The summed E-state index contributed by atoms with van der Waals surface area (Å²) in [6.45, 7) is 5.28. The molecule has 0 aromatic heterocycles. The van der Waals surface area contributed by atoms with E-state index < -0.39 is 10.2 Å². The van der Waals surface area contributed by atoms with Crippen LogP contribution in [0, 0.1) is 13.8 Å². The minimum absolute atomic E-state index is 0.514. The molecule has 5 nitrogen and oxygen atoms in total. The van der Waals surface area contributed by atoms with Gasteiger partial charge in [-0.25, -0.2) is 0 Å². The third-order valence-corrected chi connectivity index (χ3v) is 5.40. The van der Waals surface area contributed by atoms with Crippen molar-refractivity contribution in [3.8, 4) is 0 Å². The Morgan fingerprint density at radius 1 is 1.29 bits per heavy atom. The summed E-state index contributed by atoms with van der Waals surface area (Å²) in [6.07, 6.45) is 3.32. The summed E-state index contributed by atoms with van der Waals surface area (Å²) >= 11 is 0. The molecule has 0 spiro atoms. The Hall–Kier alpha value is -1.11. The number of rotatable bonds is 8. The average Bonchev–Trinajstić information content (AvgIpc) is 3.23. The topological polar surface area (TPSA) is 61.4 Å². The summed E-state index contributed by atoms with van der Waals surface area (Å²) < 4.78 is 28.6. The first-order chi connectivity index (χ1) is 9.90. The van der Waals surface area contributed by atoms with Crippen LogP contribution in [0.1, 0.15) is 30.4 Å². The van der Waals surface area contributed by atoms with Crippen molar-refractivity contribution in [2.45, 2.75) is 39.2 Å². The first kappa shape index (κ1) is 16.3. The van der Waals surface area contributed by atoms with Crippen LogP contribution in [-0.2, 0) is 10.2 Å². The van der Waals surface area contributed by atoms with Gasteiger partial charge in [-0.1, -0.05) is 12.1 Å². The number of nitrogens with one attached hydrogen (secondary N) is 2. The maximum absolute atomic E-state index is 12.3. The first-order valence-electron chi connectivity index (χ1n) is 7.44. The Bertz CT molecular complexity index is 583. The predicted molar refractivity (Wildman–Crippen MR) is 86.7 cm³/mol. The van der Waals surface area contributed by atoms with Crippen molar-refractivity contribution in [2.24, 2.45) is 0 Å². The lowest BCUT2D eigenvalue weighted by Crippen LogP contribution is -2.34. The Balaban J connectivity index is 1.88. The third-order valence-electron chi connectivity index (χ3n) is 3.91. The van der Waals surface area contributed by atoms with Gasteiger partial charge in [-0.2, -0.15) is 12.7 Å². The molecule has 0 aliphatic heterocycles. The molecule has 21 heavy (non-hydrogen) atoms. The van der Waals surface area contributed by atoms with Crippen LogP contribution >= 0.6 is 0 Å². The Labute approximate surface area is 127 Å². The van der Waals surface area contributed by atoms with E-state index >= 15 is 0 Å². The van der Waals surface area contributed by atoms with Crippen molar-refractivity contribution in [3.63, 3.8) is 0 Å². The van der Waals surface area contributed by atoms with Crippen LogP contribution in [0.4, 0.5) is 5.69 Å². The van der Waals surface area contributed by atoms with Gasteiger partial charge in [0.2, 0.25) is 0 Å². The van der Waals surface area contributed by atoms with Crippen molar-refractivity contribution in [1.82, 2.24) is 9.62 Å². The maximum atomic E-state index is 12.3. The molecule has 0 unspecified atom stereocenters. The van der Waals surface area contributed by atoms with Gasteiger partial charge in [-0.3, -0.25) is 4.72 Å². The van der Waals surface area contributed by atoms with E-state index in [2.05, 4.69) is 10.0 Å². The van der Waals surface area contributed by atoms with E-state index in [0.717, 1.165) is 24.1 Å². The van der Waals surface area contributed by atoms with Gasteiger partial charge in [0.1, 0.15) is 0 Å². The van der Waals surface area contributed by atoms with Crippen LogP contribution in [0.5, 0.6) is 0 Å². The molecule has 0 amide bonds. The van der Waals surface area contributed by atoms with E-state index in [1.54, 1.807) is 13.1 Å². The summed E-state index contributed by atoms with van der Waals surface area (Å²) in [5.41, 5.74) is 2.69. The summed E-state index contributed by atoms with van der Waals surface area (Å²) in [4.78, 5) is 0. The lowest BCUT2D eigenvalue weighted by atomic mass is 10.1. The Morgan fingerprint density at radius 3 is 2.67 bits per heavy atom. The lowest BCUT2D eigenvalue weighted by Gasteiger charge is -2.19. The van der Waals surface area contributed by atoms with Crippen LogP contribution in [0.15, 0.2) is 18.2 Å². The fourth-order valence-corrected chi connectivity index (χ4v) is 3.12. The highest BCUT2D eigenvalue weighted by atomic mass is 32.2. The zero-order valence-corrected chi connectivity index (χ0v) is 13.8. The highest BCUT2D eigenvalue weighted by molar-refractivity contribution is 7.90. The van der Waals surface area contributed by atoms with Crippen molar-refractivity contribution < 1.29 is 8.42 Å². The summed E-state index contributed by atoms with van der Waals surface area (Å²) in [5.74, 6) is 0. The number of hydrogen-bond acceptors (Lipinski definition) is 3. The monoisotopic (exact) mass is 311 g/mol. The van der Waals surface area contributed by atoms with Gasteiger partial charge in [-0.05, 0) is 56.8 Å². The van der Waals surface area contributed by atoms with Crippen molar-refractivity contribution >= 4 is 15.9 Å². The molecule has 118 valence electrons. The van der Waals surface area contributed by atoms with Crippen molar-refractivity contribution in [3.05, 3.63) is 29.3 Å². The molecule has 0 atom stereocenters. The number of nitrogens with zero attached hydrogens (tertiary/aromatic N) is 1. The van der Waals surface area contributed by atoms with E-state index in [1.807, 2.05) is 26.0 Å². The normalized spacial score (nSPS) is 15.4. The minimum atomic E-state index is -3.48. The first-order valence-corrected chi connectivity index (χ1v) is 8.88. The van der Waals surface area contributed by atoms with Gasteiger partial charge in [0, 0.05) is 19.6 Å². The van der Waals surface area contributed by atoms with E-state index in [4.69, 9.17) is 0 Å². The Morgan fingerprint density at radius 2 is 2.00 bits per heavy atom. The van der Waals surface area contributed by atoms with Gasteiger partial charge in [-0.15, -0.1) is 0 Å². The fraction of sp³-hybridized carbons (Fsp3) is 0.600. The van der Waals surface area contributed by atoms with Crippen LogP contribution in [0.25, 0.3) is 0 Å². The highest BCUT2D eigenvalue weighted by Crippen LogP contribution is 2.20. The molecular formula is C15H25N3O2S. The second kappa shape index (κ2) is 6.77. The molecule has 1 aliphatic carbocycles. The van der Waals surface area contributed by atoms with Gasteiger partial charge in [0.05, 0.1) is 5.69 Å². The Kier molecular flexibility index (Phi) is 5.24. The highest BCUT2D eigenvalue weighted by Gasteiger charge is 2.21. The van der Waals surface area contributed by atoms with E-state index in [1.165, 1.54) is 17.1 Å². The van der Waals surface area contributed by atoms with E-state index in [9.17, 15) is 8.42 Å². The molecule has 2 rings (SSSR count). The summed E-state index contributed by atoms with van der Waals surface area (Å²) in [6, 6.07) is 6.29. The largest absolute Gasteiger partial charge is 0.314 e. The minimum Gasteiger partial charge on any atom is -0.314 e. The van der Waals surface area contributed by atoms with Gasteiger partial charge in [0.25, 0.3) is 0 Å². The van der Waals surface area contributed by atoms with E-state index in [0.29, 0.717) is 18.3 Å². The molecule has 0 heterocycles. The molecule has 1 aromatic carbocycles. The van der Waals surface area contributed by atoms with Crippen molar-refractivity contribution in [1.29, 1.82) is 0 Å². The van der Waals surface area contributed by atoms with Gasteiger partial charge >= 0.3 is 10.2 Å². The second-order valence-corrected chi connectivity index (χ2v) is 7.54. The molecule has 1 saturated carbocycles. The van der Waals surface area contributed by atoms with Gasteiger partial charge in [0.15, 0.2) is 0 Å². The number of hydrogen-bond donors (Lipinski definition) is 2. The maximum Gasteiger partial charge on any atom is 0.301 e. The van der Waals surface area contributed by atoms with Crippen molar-refractivity contribution in [2.75, 3.05) is 24.9 Å². The van der Waals surface area contributed by atoms with E-state index in [-0.39, 0.29) is 0 Å². The predicted octanol–water partition coefficient (Wildman–Crippen LogP) is 2.03. The smallest absolute Gasteiger partial charge is 0.301 e. The molecule has 0 bridgehead atoms. The molecule has 6 heteroatoms. The average molecular weight is 311 g/mol. The summed E-state index contributed by atoms with van der Waals surface area (Å²) in [7, 11) is -1.87. The summed E-state index contributed by atoms with van der Waals surface area (Å²) in [5, 5.41) is 3.39. The number of benzene rings is 1. The quantitative estimate of drug-likeness (QED) is 0.722. The molecule has 2 N–H and O–H groups in total. The molecule has 0 saturated heterocycles.